The third-order valence-corrected chi connectivity index (χ3v) is 4.01. The highest BCUT2D eigenvalue weighted by atomic mass is 16.5. The lowest BCUT2D eigenvalue weighted by molar-refractivity contribution is -0.135. The van der Waals surface area contributed by atoms with E-state index in [1.165, 1.54) is 0 Å². The molecule has 6 nitrogen and oxygen atoms in total. The molecule has 0 aromatic rings. The summed E-state index contributed by atoms with van der Waals surface area (Å²) in [4.78, 5) is 16.1. The fraction of sp³-hybridized carbons (Fsp3) is 0.923. The van der Waals surface area contributed by atoms with Gasteiger partial charge in [-0.1, -0.05) is 0 Å². The van der Waals surface area contributed by atoms with Crippen molar-refractivity contribution in [2.24, 2.45) is 0 Å². The lowest BCUT2D eigenvalue weighted by Gasteiger charge is -2.28. The molecule has 0 unspecified atom stereocenters. The van der Waals surface area contributed by atoms with Crippen LogP contribution < -0.4 is 0 Å². The number of hydrogen-bond acceptors (Lipinski definition) is 5. The Hall–Kier alpha value is -0.690. The number of rotatable bonds is 5. The van der Waals surface area contributed by atoms with Gasteiger partial charge in [-0.2, -0.15) is 0 Å². The molecule has 0 aliphatic carbocycles. The number of methoxy groups -OCH3 is 1. The monoisotopic (exact) mass is 272 g/mol. The highest BCUT2D eigenvalue weighted by Gasteiger charge is 2.31. The Bertz CT molecular complexity index is 294. The zero-order valence-electron chi connectivity index (χ0n) is 11.6. The number of nitrogens with zero attached hydrogens (tertiary/aromatic N) is 2. The molecule has 0 saturated carbocycles. The van der Waals surface area contributed by atoms with Crippen molar-refractivity contribution < 1.29 is 19.4 Å². The van der Waals surface area contributed by atoms with Crippen LogP contribution in [-0.4, -0.2) is 86.1 Å². The first-order valence-electron chi connectivity index (χ1n) is 6.97. The minimum Gasteiger partial charge on any atom is -0.395 e. The summed E-state index contributed by atoms with van der Waals surface area (Å²) in [5.74, 6) is 0.181. The van der Waals surface area contributed by atoms with Crippen molar-refractivity contribution >= 4 is 5.91 Å². The summed E-state index contributed by atoms with van der Waals surface area (Å²) in [7, 11) is 1.70. The number of likely N-dealkylation sites (tertiary alicyclic amines) is 1. The highest BCUT2D eigenvalue weighted by molar-refractivity contribution is 5.76. The molecule has 2 saturated heterocycles. The van der Waals surface area contributed by atoms with Gasteiger partial charge in [0.2, 0.25) is 5.91 Å². The van der Waals surface area contributed by atoms with Crippen molar-refractivity contribution in [3.05, 3.63) is 0 Å². The van der Waals surface area contributed by atoms with Crippen molar-refractivity contribution in [1.29, 1.82) is 0 Å². The molecule has 2 rings (SSSR count). The first kappa shape index (κ1) is 14.7. The second-order valence-corrected chi connectivity index (χ2v) is 5.17. The Labute approximate surface area is 114 Å². The second kappa shape index (κ2) is 7.19. The molecule has 0 spiro atoms. The van der Waals surface area contributed by atoms with Gasteiger partial charge in [-0.3, -0.25) is 9.69 Å². The summed E-state index contributed by atoms with van der Waals surface area (Å²) in [6, 6.07) is 0.127. The number of aliphatic hydroxyl groups excluding tert-OH is 1. The van der Waals surface area contributed by atoms with Gasteiger partial charge in [0.05, 0.1) is 25.9 Å². The topological polar surface area (TPSA) is 62.2 Å². The number of carbonyl (C=O) groups is 1. The largest absolute Gasteiger partial charge is 0.395 e. The van der Waals surface area contributed by atoms with Gasteiger partial charge in [-0.05, 0) is 6.42 Å². The van der Waals surface area contributed by atoms with Crippen LogP contribution in [0.3, 0.4) is 0 Å². The standard InChI is InChI=1S/C13H24N2O4/c1-18-12-8-11(10-16)15(9-12)3-2-13(17)14-4-6-19-7-5-14/h11-12,16H,2-10H2,1H3/t11-,12+/m0/s1. The molecule has 1 amide bonds. The van der Waals surface area contributed by atoms with Crippen LogP contribution in [-0.2, 0) is 14.3 Å². The summed E-state index contributed by atoms with van der Waals surface area (Å²) in [5, 5.41) is 9.35. The predicted molar refractivity (Wildman–Crippen MR) is 69.9 cm³/mol. The third kappa shape index (κ3) is 3.89. The average molecular weight is 272 g/mol. The molecule has 110 valence electrons. The average Bonchev–Trinajstić information content (AvgIpc) is 2.88. The van der Waals surface area contributed by atoms with E-state index in [0.717, 1.165) is 13.0 Å². The predicted octanol–water partition coefficient (Wildman–Crippen LogP) is -0.683. The molecule has 2 fully saturated rings. The smallest absolute Gasteiger partial charge is 0.224 e. The van der Waals surface area contributed by atoms with E-state index in [-0.39, 0.29) is 24.7 Å². The van der Waals surface area contributed by atoms with E-state index in [2.05, 4.69) is 4.90 Å². The van der Waals surface area contributed by atoms with E-state index < -0.39 is 0 Å². The molecule has 0 aromatic carbocycles. The van der Waals surface area contributed by atoms with Gasteiger partial charge >= 0.3 is 0 Å². The molecule has 2 atom stereocenters. The van der Waals surface area contributed by atoms with Crippen LogP contribution in [0.25, 0.3) is 0 Å². The summed E-state index contributed by atoms with van der Waals surface area (Å²) in [6.07, 6.45) is 1.53. The lowest BCUT2D eigenvalue weighted by Crippen LogP contribution is -2.42. The minimum absolute atomic E-state index is 0.127. The second-order valence-electron chi connectivity index (χ2n) is 5.17. The van der Waals surface area contributed by atoms with Gasteiger partial charge in [0.1, 0.15) is 0 Å². The summed E-state index contributed by atoms with van der Waals surface area (Å²) in [5.41, 5.74) is 0. The normalized spacial score (nSPS) is 28.8. The third-order valence-electron chi connectivity index (χ3n) is 4.01. The maximum Gasteiger partial charge on any atom is 0.224 e. The maximum absolute atomic E-state index is 12.1. The lowest BCUT2D eigenvalue weighted by atomic mass is 10.2. The van der Waals surface area contributed by atoms with Gasteiger partial charge in [0, 0.05) is 45.8 Å². The Kier molecular flexibility index (Phi) is 5.57. The zero-order chi connectivity index (χ0) is 13.7. The van der Waals surface area contributed by atoms with E-state index in [9.17, 15) is 9.90 Å². The Morgan fingerprint density at radius 3 is 2.79 bits per heavy atom. The van der Waals surface area contributed by atoms with Crippen molar-refractivity contribution in [2.45, 2.75) is 25.0 Å². The molecule has 2 aliphatic rings. The first-order valence-corrected chi connectivity index (χ1v) is 6.97. The van der Waals surface area contributed by atoms with E-state index in [0.29, 0.717) is 39.3 Å². The Morgan fingerprint density at radius 2 is 2.16 bits per heavy atom. The quantitative estimate of drug-likeness (QED) is 0.718. The van der Waals surface area contributed by atoms with E-state index >= 15 is 0 Å². The summed E-state index contributed by atoms with van der Waals surface area (Å²) in [6.45, 7) is 4.30. The van der Waals surface area contributed by atoms with Crippen LogP contribution in [0.5, 0.6) is 0 Å². The molecule has 19 heavy (non-hydrogen) atoms. The van der Waals surface area contributed by atoms with Crippen LogP contribution in [0.1, 0.15) is 12.8 Å². The van der Waals surface area contributed by atoms with Crippen molar-refractivity contribution in [3.63, 3.8) is 0 Å². The fourth-order valence-corrected chi connectivity index (χ4v) is 2.78. The fourth-order valence-electron chi connectivity index (χ4n) is 2.78. The Balaban J connectivity index is 1.76. The van der Waals surface area contributed by atoms with Crippen molar-refractivity contribution in [3.8, 4) is 0 Å². The molecular formula is C13H24N2O4. The molecule has 0 bridgehead atoms. The molecule has 6 heteroatoms. The highest BCUT2D eigenvalue weighted by Crippen LogP contribution is 2.19. The molecule has 0 aromatic heterocycles. The number of morpholine rings is 1. The molecular weight excluding hydrogens is 248 g/mol. The maximum atomic E-state index is 12.1. The van der Waals surface area contributed by atoms with Gasteiger partial charge in [-0.25, -0.2) is 0 Å². The van der Waals surface area contributed by atoms with Crippen molar-refractivity contribution in [1.82, 2.24) is 9.80 Å². The molecule has 2 aliphatic heterocycles. The van der Waals surface area contributed by atoms with Gasteiger partial charge < -0.3 is 19.5 Å². The molecule has 0 radical (unpaired) electrons. The Morgan fingerprint density at radius 1 is 1.42 bits per heavy atom. The number of carbonyl (C=O) groups excluding carboxylic acids is 1. The van der Waals surface area contributed by atoms with Crippen LogP contribution in [0.4, 0.5) is 0 Å². The van der Waals surface area contributed by atoms with Gasteiger partial charge in [0.25, 0.3) is 0 Å². The van der Waals surface area contributed by atoms with Crippen LogP contribution in [0, 0.1) is 0 Å². The van der Waals surface area contributed by atoms with E-state index in [1.807, 2.05) is 4.90 Å². The number of aliphatic hydroxyl groups is 1. The van der Waals surface area contributed by atoms with Crippen molar-refractivity contribution in [2.75, 3.05) is 53.1 Å². The van der Waals surface area contributed by atoms with Gasteiger partial charge in [0.15, 0.2) is 0 Å². The van der Waals surface area contributed by atoms with E-state index in [1.54, 1.807) is 7.11 Å². The van der Waals surface area contributed by atoms with Crippen LogP contribution in [0.2, 0.25) is 0 Å². The molecule has 2 heterocycles. The summed E-state index contributed by atoms with van der Waals surface area (Å²) < 4.78 is 10.6. The SMILES string of the molecule is CO[C@@H]1C[C@@H](CO)N(CCC(=O)N2CCOCC2)C1. The summed E-state index contributed by atoms with van der Waals surface area (Å²) >= 11 is 0. The first-order chi connectivity index (χ1) is 9.24. The number of amides is 1. The van der Waals surface area contributed by atoms with E-state index in [4.69, 9.17) is 9.47 Å². The van der Waals surface area contributed by atoms with Gasteiger partial charge in [-0.15, -0.1) is 0 Å². The number of hydrogen-bond donors (Lipinski definition) is 1. The minimum atomic E-state index is 0.127. The zero-order valence-corrected chi connectivity index (χ0v) is 11.6. The molecule has 1 N–H and O–H groups in total. The number of ether oxygens (including phenoxy) is 2. The van der Waals surface area contributed by atoms with Crippen LogP contribution >= 0.6 is 0 Å². The van der Waals surface area contributed by atoms with Crippen LogP contribution in [0.15, 0.2) is 0 Å².